The topological polar surface area (TPSA) is 54.9 Å². The van der Waals surface area contributed by atoms with Gasteiger partial charge >= 0.3 is 0 Å². The number of pyridine rings is 2. The van der Waals surface area contributed by atoms with Crippen molar-refractivity contribution >= 4 is 28.8 Å². The first kappa shape index (κ1) is 13.5. The van der Waals surface area contributed by atoms with Crippen LogP contribution in [0.2, 0.25) is 0 Å². The van der Waals surface area contributed by atoms with Crippen LogP contribution in [0.5, 0.6) is 0 Å². The number of aromatic nitrogens is 2. The molecule has 0 aliphatic rings. The molecule has 0 amide bonds. The number of thiophene rings is 1. The van der Waals surface area contributed by atoms with E-state index in [2.05, 4.69) is 15.3 Å². The van der Waals surface area contributed by atoms with E-state index < -0.39 is 0 Å². The Labute approximate surface area is 126 Å². The van der Waals surface area contributed by atoms with Gasteiger partial charge in [-0.05, 0) is 43.3 Å². The van der Waals surface area contributed by atoms with Crippen molar-refractivity contribution in [2.75, 3.05) is 5.32 Å². The second kappa shape index (κ2) is 5.85. The first-order chi connectivity index (χ1) is 10.2. The van der Waals surface area contributed by atoms with Gasteiger partial charge in [-0.2, -0.15) is 0 Å². The van der Waals surface area contributed by atoms with Crippen molar-refractivity contribution in [2.45, 2.75) is 6.92 Å². The maximum Gasteiger partial charge on any atom is 0.169 e. The number of hydrogen-bond donors (Lipinski definition) is 1. The summed E-state index contributed by atoms with van der Waals surface area (Å²) < 4.78 is 0. The van der Waals surface area contributed by atoms with E-state index in [1.54, 1.807) is 13.1 Å². The Hall–Kier alpha value is -2.53. The molecule has 0 radical (unpaired) electrons. The SMILES string of the molecule is CC(=O)c1ccc(-c2cccc(Nc3ccccn3)n2)s1. The molecule has 0 bridgehead atoms. The predicted molar refractivity (Wildman–Crippen MR) is 85.1 cm³/mol. The van der Waals surface area contributed by atoms with E-state index in [9.17, 15) is 4.79 Å². The summed E-state index contributed by atoms with van der Waals surface area (Å²) in [5.41, 5.74) is 0.841. The fourth-order valence-corrected chi connectivity index (χ4v) is 2.75. The van der Waals surface area contributed by atoms with Gasteiger partial charge in [0.25, 0.3) is 0 Å². The van der Waals surface area contributed by atoms with Crippen LogP contribution in [0.25, 0.3) is 10.6 Å². The third-order valence-corrected chi connectivity index (χ3v) is 4.08. The second-order valence-electron chi connectivity index (χ2n) is 4.47. The molecule has 4 nitrogen and oxygen atoms in total. The summed E-state index contributed by atoms with van der Waals surface area (Å²) >= 11 is 1.45. The molecule has 21 heavy (non-hydrogen) atoms. The number of nitrogens with one attached hydrogen (secondary N) is 1. The van der Waals surface area contributed by atoms with Gasteiger partial charge in [0.2, 0.25) is 0 Å². The smallest absolute Gasteiger partial charge is 0.169 e. The minimum Gasteiger partial charge on any atom is -0.325 e. The molecule has 0 unspecified atom stereocenters. The number of anilines is 2. The third-order valence-electron chi connectivity index (χ3n) is 2.88. The van der Waals surface area contributed by atoms with Crippen LogP contribution in [0.3, 0.4) is 0 Å². The first-order valence-corrected chi connectivity index (χ1v) is 7.30. The van der Waals surface area contributed by atoms with Gasteiger partial charge in [-0.3, -0.25) is 4.79 Å². The largest absolute Gasteiger partial charge is 0.325 e. The van der Waals surface area contributed by atoms with Crippen LogP contribution in [0.1, 0.15) is 16.6 Å². The zero-order valence-corrected chi connectivity index (χ0v) is 12.2. The molecule has 3 aromatic rings. The second-order valence-corrected chi connectivity index (χ2v) is 5.55. The van der Waals surface area contributed by atoms with Gasteiger partial charge in [0.15, 0.2) is 5.78 Å². The molecule has 0 saturated carbocycles. The van der Waals surface area contributed by atoms with Gasteiger partial charge < -0.3 is 5.32 Å². The van der Waals surface area contributed by atoms with Gasteiger partial charge in [-0.15, -0.1) is 11.3 Å². The average molecular weight is 295 g/mol. The Balaban J connectivity index is 1.87. The molecule has 3 rings (SSSR count). The summed E-state index contributed by atoms with van der Waals surface area (Å²) in [4.78, 5) is 21.9. The van der Waals surface area contributed by atoms with Gasteiger partial charge in [0.1, 0.15) is 11.6 Å². The average Bonchev–Trinajstić information content (AvgIpc) is 2.99. The highest BCUT2D eigenvalue weighted by Crippen LogP contribution is 2.28. The molecule has 0 atom stereocenters. The lowest BCUT2D eigenvalue weighted by molar-refractivity contribution is 0.102. The van der Waals surface area contributed by atoms with E-state index in [4.69, 9.17) is 0 Å². The van der Waals surface area contributed by atoms with Gasteiger partial charge in [0, 0.05) is 6.20 Å². The predicted octanol–water partition coefficient (Wildman–Crippen LogP) is 4.15. The molecule has 0 aliphatic carbocycles. The Kier molecular flexibility index (Phi) is 3.75. The Morgan fingerprint density at radius 2 is 1.90 bits per heavy atom. The highest BCUT2D eigenvalue weighted by Gasteiger charge is 2.08. The minimum absolute atomic E-state index is 0.0778. The number of carbonyl (C=O) groups excluding carboxylic acids is 1. The molecule has 5 heteroatoms. The van der Waals surface area contributed by atoms with Crippen molar-refractivity contribution < 1.29 is 4.79 Å². The number of rotatable bonds is 4. The number of nitrogens with zero attached hydrogens (tertiary/aromatic N) is 2. The molecule has 3 aromatic heterocycles. The molecule has 0 aliphatic heterocycles. The van der Waals surface area contributed by atoms with Gasteiger partial charge in [-0.1, -0.05) is 12.1 Å². The van der Waals surface area contributed by atoms with Crippen LogP contribution in [0.15, 0.2) is 54.7 Å². The van der Waals surface area contributed by atoms with E-state index in [0.717, 1.165) is 27.1 Å². The third kappa shape index (κ3) is 3.14. The van der Waals surface area contributed by atoms with Crippen molar-refractivity contribution in [3.05, 3.63) is 59.6 Å². The number of hydrogen-bond acceptors (Lipinski definition) is 5. The van der Waals surface area contributed by atoms with Crippen molar-refractivity contribution in [3.8, 4) is 10.6 Å². The first-order valence-electron chi connectivity index (χ1n) is 6.48. The molecular weight excluding hydrogens is 282 g/mol. The van der Waals surface area contributed by atoms with Crippen LogP contribution >= 0.6 is 11.3 Å². The fourth-order valence-electron chi connectivity index (χ4n) is 1.87. The molecule has 104 valence electrons. The standard InChI is InChI=1S/C16H13N3OS/c1-11(20)13-8-9-14(21-13)12-5-4-7-16(18-12)19-15-6-2-3-10-17-15/h2-10H,1H3,(H,17,18,19). The molecule has 0 fully saturated rings. The van der Waals surface area contributed by atoms with Crippen molar-refractivity contribution in [3.63, 3.8) is 0 Å². The molecule has 3 heterocycles. The number of Topliss-reactive ketones (excluding diaryl/α,β-unsaturated/α-hetero) is 1. The monoisotopic (exact) mass is 295 g/mol. The normalized spacial score (nSPS) is 10.3. The summed E-state index contributed by atoms with van der Waals surface area (Å²) in [6, 6.07) is 15.2. The van der Waals surface area contributed by atoms with E-state index in [-0.39, 0.29) is 5.78 Å². The lowest BCUT2D eigenvalue weighted by atomic mass is 10.3. The van der Waals surface area contributed by atoms with E-state index >= 15 is 0 Å². The molecule has 0 aromatic carbocycles. The lowest BCUT2D eigenvalue weighted by Gasteiger charge is -2.05. The number of ketones is 1. The van der Waals surface area contributed by atoms with Crippen LogP contribution in [-0.2, 0) is 0 Å². The van der Waals surface area contributed by atoms with Crippen LogP contribution in [0, 0.1) is 0 Å². The van der Waals surface area contributed by atoms with Crippen LogP contribution in [0.4, 0.5) is 11.6 Å². The Morgan fingerprint density at radius 3 is 2.62 bits per heavy atom. The van der Waals surface area contributed by atoms with Crippen molar-refractivity contribution in [2.24, 2.45) is 0 Å². The van der Waals surface area contributed by atoms with E-state index in [1.165, 1.54) is 11.3 Å². The van der Waals surface area contributed by atoms with Gasteiger partial charge in [0.05, 0.1) is 15.4 Å². The molecule has 0 saturated heterocycles. The highest BCUT2D eigenvalue weighted by atomic mass is 32.1. The van der Waals surface area contributed by atoms with E-state index in [0.29, 0.717) is 0 Å². The molecular formula is C16H13N3OS. The number of carbonyl (C=O) groups is 1. The summed E-state index contributed by atoms with van der Waals surface area (Å²) in [7, 11) is 0. The van der Waals surface area contributed by atoms with Crippen molar-refractivity contribution in [1.82, 2.24) is 9.97 Å². The summed E-state index contributed by atoms with van der Waals surface area (Å²) in [6.07, 6.45) is 1.73. The molecule has 1 N–H and O–H groups in total. The molecule has 0 spiro atoms. The van der Waals surface area contributed by atoms with Gasteiger partial charge in [-0.25, -0.2) is 9.97 Å². The van der Waals surface area contributed by atoms with Crippen LogP contribution in [-0.4, -0.2) is 15.8 Å². The zero-order chi connectivity index (χ0) is 14.7. The fraction of sp³-hybridized carbons (Fsp3) is 0.0625. The highest BCUT2D eigenvalue weighted by molar-refractivity contribution is 7.17. The van der Waals surface area contributed by atoms with E-state index in [1.807, 2.05) is 48.5 Å². The lowest BCUT2D eigenvalue weighted by Crippen LogP contribution is -1.95. The summed E-state index contributed by atoms with van der Waals surface area (Å²) in [5, 5.41) is 3.16. The summed E-state index contributed by atoms with van der Waals surface area (Å²) in [6.45, 7) is 1.57. The quantitative estimate of drug-likeness (QED) is 0.735. The maximum absolute atomic E-state index is 11.4. The summed E-state index contributed by atoms with van der Waals surface area (Å²) in [5.74, 6) is 1.55. The maximum atomic E-state index is 11.4. The zero-order valence-electron chi connectivity index (χ0n) is 11.4. The Morgan fingerprint density at radius 1 is 1.05 bits per heavy atom. The van der Waals surface area contributed by atoms with Crippen molar-refractivity contribution in [1.29, 1.82) is 0 Å². The Bertz CT molecular complexity index is 768. The van der Waals surface area contributed by atoms with Crippen LogP contribution < -0.4 is 5.32 Å². The minimum atomic E-state index is 0.0778.